The lowest BCUT2D eigenvalue weighted by atomic mass is 10.2. The molecule has 0 spiro atoms. The summed E-state index contributed by atoms with van der Waals surface area (Å²) in [4.78, 5) is 13.4. The minimum Gasteiger partial charge on any atom is -0.504 e. The zero-order chi connectivity index (χ0) is 21.1. The molecule has 0 atom stereocenters. The van der Waals surface area contributed by atoms with Crippen LogP contribution < -0.4 is 15.9 Å². The second kappa shape index (κ2) is 8.00. The third kappa shape index (κ3) is 3.56. The number of phenols is 1. The number of rotatable bonds is 6. The van der Waals surface area contributed by atoms with Crippen LogP contribution in [0.15, 0.2) is 45.4 Å². The van der Waals surface area contributed by atoms with Gasteiger partial charge in [-0.1, -0.05) is 11.3 Å². The number of benzene rings is 1. The van der Waals surface area contributed by atoms with Crippen molar-refractivity contribution in [2.24, 2.45) is 5.10 Å². The molecule has 0 unspecified atom stereocenters. The second-order valence-corrected chi connectivity index (χ2v) is 6.73. The number of thiophene rings is 1. The average Bonchev–Trinajstić information content (AvgIpc) is 3.48. The third-order valence-corrected chi connectivity index (χ3v) is 4.80. The van der Waals surface area contributed by atoms with E-state index in [1.807, 2.05) is 11.4 Å². The first-order valence-electron chi connectivity index (χ1n) is 8.37. The zero-order valence-corrected chi connectivity index (χ0v) is 16.2. The van der Waals surface area contributed by atoms with E-state index in [9.17, 15) is 9.90 Å². The highest BCUT2D eigenvalue weighted by Gasteiger charge is 2.25. The van der Waals surface area contributed by atoms with Crippen LogP contribution in [0.3, 0.4) is 0 Å². The summed E-state index contributed by atoms with van der Waals surface area (Å²) in [5.74, 6) is -0.206. The topological polar surface area (TPSA) is 167 Å². The molecule has 4 aromatic rings. The predicted molar refractivity (Wildman–Crippen MR) is 107 cm³/mol. The van der Waals surface area contributed by atoms with Gasteiger partial charge in [0.15, 0.2) is 17.2 Å². The number of aromatic nitrogens is 5. The number of methoxy groups -OCH3 is 1. The van der Waals surface area contributed by atoms with Crippen molar-refractivity contribution >= 4 is 29.3 Å². The van der Waals surface area contributed by atoms with Crippen LogP contribution in [0.2, 0.25) is 0 Å². The number of nitrogens with two attached hydrogens (primary N) is 1. The molecule has 4 N–H and O–H groups in total. The minimum absolute atomic E-state index is 0.00185. The quantitative estimate of drug-likeness (QED) is 0.305. The van der Waals surface area contributed by atoms with Crippen molar-refractivity contribution in [2.75, 3.05) is 12.8 Å². The molecule has 30 heavy (non-hydrogen) atoms. The van der Waals surface area contributed by atoms with Gasteiger partial charge in [0.2, 0.25) is 11.6 Å². The maximum absolute atomic E-state index is 12.7. The van der Waals surface area contributed by atoms with Crippen LogP contribution >= 0.6 is 11.3 Å². The number of anilines is 1. The fourth-order valence-electron chi connectivity index (χ4n) is 2.56. The highest BCUT2D eigenvalue weighted by Crippen LogP contribution is 2.30. The third-order valence-electron chi connectivity index (χ3n) is 3.92. The molecule has 0 fully saturated rings. The second-order valence-electron chi connectivity index (χ2n) is 5.78. The van der Waals surface area contributed by atoms with Crippen molar-refractivity contribution < 1.29 is 19.3 Å². The van der Waals surface area contributed by atoms with E-state index in [-0.39, 0.29) is 23.1 Å². The van der Waals surface area contributed by atoms with Crippen molar-refractivity contribution in [3.63, 3.8) is 0 Å². The molecule has 0 saturated heterocycles. The van der Waals surface area contributed by atoms with Crippen molar-refractivity contribution in [3.8, 4) is 27.9 Å². The molecule has 0 radical (unpaired) electrons. The molecule has 0 aliphatic heterocycles. The van der Waals surface area contributed by atoms with Gasteiger partial charge in [-0.05, 0) is 45.5 Å². The van der Waals surface area contributed by atoms with E-state index in [0.717, 1.165) is 0 Å². The van der Waals surface area contributed by atoms with E-state index >= 15 is 0 Å². The van der Waals surface area contributed by atoms with Crippen LogP contribution in [-0.4, -0.2) is 49.6 Å². The molecule has 0 aliphatic rings. The molecular weight excluding hydrogens is 412 g/mol. The van der Waals surface area contributed by atoms with Gasteiger partial charge < -0.3 is 15.6 Å². The number of nitrogen functional groups attached to an aromatic ring is 1. The van der Waals surface area contributed by atoms with E-state index in [1.54, 1.807) is 18.2 Å². The minimum atomic E-state index is -0.603. The number of hydrazone groups is 1. The molecule has 13 heteroatoms. The lowest BCUT2D eigenvalue weighted by Crippen LogP contribution is -2.19. The average molecular weight is 426 g/mol. The SMILES string of the molecule is COc1ccc(/C=N/NC(=O)c2nnn(-c3nonc3N)c2-c2cccs2)cc1O. The molecule has 4 rings (SSSR count). The highest BCUT2D eigenvalue weighted by atomic mass is 32.1. The van der Waals surface area contributed by atoms with Crippen LogP contribution in [0.5, 0.6) is 11.5 Å². The van der Waals surface area contributed by atoms with Crippen molar-refractivity contribution in [2.45, 2.75) is 0 Å². The van der Waals surface area contributed by atoms with Crippen LogP contribution in [0, 0.1) is 0 Å². The molecule has 1 amide bonds. The van der Waals surface area contributed by atoms with E-state index in [1.165, 1.54) is 35.4 Å². The van der Waals surface area contributed by atoms with Crippen LogP contribution in [0.1, 0.15) is 16.1 Å². The van der Waals surface area contributed by atoms with Gasteiger partial charge in [0.1, 0.15) is 5.69 Å². The summed E-state index contributed by atoms with van der Waals surface area (Å²) in [5, 5.41) is 30.7. The van der Waals surface area contributed by atoms with Gasteiger partial charge in [-0.25, -0.2) is 10.1 Å². The predicted octanol–water partition coefficient (Wildman–Crippen LogP) is 1.44. The summed E-state index contributed by atoms with van der Waals surface area (Å²) in [6, 6.07) is 8.31. The Hall–Kier alpha value is -4.26. The fraction of sp³-hybridized carbons (Fsp3) is 0.0588. The molecule has 152 valence electrons. The maximum Gasteiger partial charge on any atom is 0.294 e. The Labute approximate surface area is 172 Å². The summed E-state index contributed by atoms with van der Waals surface area (Å²) in [6.45, 7) is 0. The Balaban J connectivity index is 1.61. The largest absolute Gasteiger partial charge is 0.504 e. The summed E-state index contributed by atoms with van der Waals surface area (Å²) < 4.78 is 10.9. The summed E-state index contributed by atoms with van der Waals surface area (Å²) in [6.07, 6.45) is 1.37. The summed E-state index contributed by atoms with van der Waals surface area (Å²) in [7, 11) is 1.45. The Kier molecular flexibility index (Phi) is 5.09. The van der Waals surface area contributed by atoms with Gasteiger partial charge in [0.25, 0.3) is 5.91 Å². The first-order valence-corrected chi connectivity index (χ1v) is 9.25. The van der Waals surface area contributed by atoms with Gasteiger partial charge in [0, 0.05) is 0 Å². The molecular formula is C17H14N8O4S. The smallest absolute Gasteiger partial charge is 0.294 e. The summed E-state index contributed by atoms with van der Waals surface area (Å²) >= 11 is 1.38. The first-order chi connectivity index (χ1) is 14.6. The maximum atomic E-state index is 12.7. The zero-order valence-electron chi connectivity index (χ0n) is 15.4. The van der Waals surface area contributed by atoms with E-state index < -0.39 is 5.91 Å². The number of nitrogens with one attached hydrogen (secondary N) is 1. The van der Waals surface area contributed by atoms with E-state index in [4.69, 9.17) is 10.5 Å². The van der Waals surface area contributed by atoms with Gasteiger partial charge in [0.05, 0.1) is 18.2 Å². The standard InChI is InChI=1S/C17H14N8O4S/c1-28-11-5-4-9(7-10(11)26)8-19-21-17(27)13-14(12-3-2-6-30-12)25(24-20-13)16-15(18)22-29-23-16/h2-8,26H,1H3,(H2,18,22)(H,21,27)/b19-8+. The Morgan fingerprint density at radius 2 is 2.27 bits per heavy atom. The number of aromatic hydroxyl groups is 1. The molecule has 0 bridgehead atoms. The highest BCUT2D eigenvalue weighted by molar-refractivity contribution is 7.13. The molecule has 0 aliphatic carbocycles. The number of hydrogen-bond donors (Lipinski definition) is 3. The molecule has 1 aromatic carbocycles. The normalized spacial score (nSPS) is 11.1. The van der Waals surface area contributed by atoms with Crippen LogP contribution in [0.25, 0.3) is 16.4 Å². The number of carbonyl (C=O) groups is 1. The van der Waals surface area contributed by atoms with Gasteiger partial charge >= 0.3 is 0 Å². The van der Waals surface area contributed by atoms with Gasteiger partial charge in [-0.3, -0.25) is 4.79 Å². The number of carbonyl (C=O) groups excluding carboxylic acids is 1. The van der Waals surface area contributed by atoms with Crippen LogP contribution in [0.4, 0.5) is 5.82 Å². The van der Waals surface area contributed by atoms with Crippen molar-refractivity contribution in [1.82, 2.24) is 30.7 Å². The Morgan fingerprint density at radius 1 is 1.40 bits per heavy atom. The Bertz CT molecular complexity index is 1210. The Morgan fingerprint density at radius 3 is 2.93 bits per heavy atom. The van der Waals surface area contributed by atoms with E-state index in [0.29, 0.717) is 21.9 Å². The first kappa shape index (κ1) is 19.1. The number of amides is 1. The number of hydrogen-bond acceptors (Lipinski definition) is 11. The number of phenolic OH excluding ortho intramolecular Hbond substituents is 1. The number of nitrogens with zero attached hydrogens (tertiary/aromatic N) is 6. The van der Waals surface area contributed by atoms with Gasteiger partial charge in [-0.2, -0.15) is 9.78 Å². The lowest BCUT2D eigenvalue weighted by Gasteiger charge is -2.04. The van der Waals surface area contributed by atoms with Crippen molar-refractivity contribution in [1.29, 1.82) is 0 Å². The van der Waals surface area contributed by atoms with E-state index in [2.05, 4.69) is 35.8 Å². The molecule has 3 aromatic heterocycles. The molecule has 0 saturated carbocycles. The molecule has 12 nitrogen and oxygen atoms in total. The summed E-state index contributed by atoms with van der Waals surface area (Å²) in [5.41, 5.74) is 9.06. The lowest BCUT2D eigenvalue weighted by molar-refractivity contribution is 0.0951. The fourth-order valence-corrected chi connectivity index (χ4v) is 3.32. The van der Waals surface area contributed by atoms with Crippen LogP contribution in [-0.2, 0) is 0 Å². The molecule has 3 heterocycles. The van der Waals surface area contributed by atoms with Gasteiger partial charge in [-0.15, -0.1) is 16.4 Å². The monoisotopic (exact) mass is 426 g/mol. The number of ether oxygens (including phenoxy) is 1. The van der Waals surface area contributed by atoms with Crippen molar-refractivity contribution in [3.05, 3.63) is 47.0 Å².